The summed E-state index contributed by atoms with van der Waals surface area (Å²) < 4.78 is 5.36. The van der Waals surface area contributed by atoms with Crippen molar-refractivity contribution in [1.82, 2.24) is 19.9 Å². The SMILES string of the molecule is CCOc1ncc2c(C3=Cc4cnccc4C3C)c[nH]c2n1.[HH]. The molecule has 1 unspecified atom stereocenters. The van der Waals surface area contributed by atoms with Crippen LogP contribution in [0.15, 0.2) is 30.9 Å². The molecule has 5 heteroatoms. The van der Waals surface area contributed by atoms with Crippen molar-refractivity contribution in [2.75, 3.05) is 6.61 Å². The van der Waals surface area contributed by atoms with E-state index < -0.39 is 0 Å². The van der Waals surface area contributed by atoms with Crippen LogP contribution in [0.3, 0.4) is 0 Å². The van der Waals surface area contributed by atoms with E-state index in [0.29, 0.717) is 18.5 Å². The third-order valence-corrected chi connectivity index (χ3v) is 4.13. The molecule has 1 aliphatic carbocycles. The van der Waals surface area contributed by atoms with Crippen LogP contribution in [0.4, 0.5) is 0 Å². The standard InChI is InChI=1S/C17H16N4O.H2/c1-3-22-17-20-9-15-14(8-19-16(15)21-17)13-6-11-7-18-5-4-12(11)10(13)2;/h4-10H,3H2,1-2H3,(H,19,20,21);1H. The van der Waals surface area contributed by atoms with E-state index in [2.05, 4.69) is 39.0 Å². The molecule has 3 heterocycles. The van der Waals surface area contributed by atoms with Gasteiger partial charge in [-0.05, 0) is 35.8 Å². The summed E-state index contributed by atoms with van der Waals surface area (Å²) >= 11 is 0. The molecule has 0 bridgehead atoms. The minimum Gasteiger partial charge on any atom is -0.464 e. The van der Waals surface area contributed by atoms with Crippen molar-refractivity contribution in [2.24, 2.45) is 0 Å². The van der Waals surface area contributed by atoms with Gasteiger partial charge in [0, 0.05) is 43.1 Å². The van der Waals surface area contributed by atoms with Crippen LogP contribution in [0.25, 0.3) is 22.7 Å². The first-order valence-corrected chi connectivity index (χ1v) is 7.40. The number of rotatable bonds is 3. The summed E-state index contributed by atoms with van der Waals surface area (Å²) in [5.74, 6) is 0.337. The van der Waals surface area contributed by atoms with Gasteiger partial charge in [0.2, 0.25) is 0 Å². The average Bonchev–Trinajstić information content (AvgIpc) is 3.09. The van der Waals surface area contributed by atoms with Gasteiger partial charge in [0.15, 0.2) is 0 Å². The van der Waals surface area contributed by atoms with Gasteiger partial charge < -0.3 is 9.72 Å². The zero-order valence-electron chi connectivity index (χ0n) is 12.5. The summed E-state index contributed by atoms with van der Waals surface area (Å²) in [6.07, 6.45) is 9.78. The number of aromatic amines is 1. The molecule has 0 saturated heterocycles. The lowest BCUT2D eigenvalue weighted by molar-refractivity contribution is 0.314. The number of H-pyrrole nitrogens is 1. The lowest BCUT2D eigenvalue weighted by atomic mass is 9.94. The van der Waals surface area contributed by atoms with Gasteiger partial charge in [0.1, 0.15) is 5.65 Å². The number of nitrogens with zero attached hydrogens (tertiary/aromatic N) is 3. The summed E-state index contributed by atoms with van der Waals surface area (Å²) in [4.78, 5) is 16.1. The molecule has 3 aromatic heterocycles. The number of hydrogen-bond donors (Lipinski definition) is 1. The van der Waals surface area contributed by atoms with E-state index in [4.69, 9.17) is 4.74 Å². The number of pyridine rings is 1. The highest BCUT2D eigenvalue weighted by molar-refractivity contribution is 6.00. The minimum atomic E-state index is 0. The molecule has 22 heavy (non-hydrogen) atoms. The molecule has 1 atom stereocenters. The molecule has 0 aliphatic heterocycles. The number of ether oxygens (including phenoxy) is 1. The van der Waals surface area contributed by atoms with Gasteiger partial charge in [-0.15, -0.1) is 0 Å². The second-order valence-electron chi connectivity index (χ2n) is 5.38. The zero-order chi connectivity index (χ0) is 15.1. The molecule has 1 N–H and O–H groups in total. The van der Waals surface area contributed by atoms with Crippen molar-refractivity contribution < 1.29 is 6.16 Å². The van der Waals surface area contributed by atoms with E-state index in [-0.39, 0.29) is 1.43 Å². The van der Waals surface area contributed by atoms with Gasteiger partial charge in [-0.25, -0.2) is 4.98 Å². The van der Waals surface area contributed by atoms with Crippen molar-refractivity contribution >= 4 is 22.7 Å². The van der Waals surface area contributed by atoms with Gasteiger partial charge >= 0.3 is 6.01 Å². The van der Waals surface area contributed by atoms with E-state index in [0.717, 1.165) is 16.6 Å². The van der Waals surface area contributed by atoms with Gasteiger partial charge in [0.05, 0.1) is 6.61 Å². The molecule has 0 amide bonds. The van der Waals surface area contributed by atoms with Crippen molar-refractivity contribution in [3.8, 4) is 6.01 Å². The minimum absolute atomic E-state index is 0. The summed E-state index contributed by atoms with van der Waals surface area (Å²) in [5, 5.41) is 1.02. The van der Waals surface area contributed by atoms with Crippen LogP contribution in [-0.4, -0.2) is 26.5 Å². The Balaban J connectivity index is 0.00000156. The highest BCUT2D eigenvalue weighted by Crippen LogP contribution is 2.42. The third-order valence-electron chi connectivity index (χ3n) is 4.13. The second-order valence-corrected chi connectivity index (χ2v) is 5.38. The molecule has 3 aromatic rings. The Morgan fingerprint density at radius 1 is 1.36 bits per heavy atom. The van der Waals surface area contributed by atoms with Crippen LogP contribution < -0.4 is 4.74 Å². The number of nitrogens with one attached hydrogen (secondary N) is 1. The van der Waals surface area contributed by atoms with E-state index >= 15 is 0 Å². The van der Waals surface area contributed by atoms with E-state index in [1.807, 2.05) is 31.7 Å². The van der Waals surface area contributed by atoms with Crippen molar-refractivity contribution in [2.45, 2.75) is 19.8 Å². The summed E-state index contributed by atoms with van der Waals surface area (Å²) in [5.41, 5.74) is 5.71. The number of allylic oxidation sites excluding steroid dienone is 1. The van der Waals surface area contributed by atoms with Gasteiger partial charge in [-0.1, -0.05) is 6.92 Å². The predicted molar refractivity (Wildman–Crippen MR) is 87.7 cm³/mol. The smallest absolute Gasteiger partial charge is 0.318 e. The van der Waals surface area contributed by atoms with Crippen LogP contribution >= 0.6 is 0 Å². The Kier molecular flexibility index (Phi) is 2.92. The fourth-order valence-corrected chi connectivity index (χ4v) is 3.03. The van der Waals surface area contributed by atoms with Crippen LogP contribution in [0.5, 0.6) is 6.01 Å². The predicted octanol–water partition coefficient (Wildman–Crippen LogP) is 3.66. The monoisotopic (exact) mass is 294 g/mol. The number of fused-ring (bicyclic) bond motifs is 2. The molecular weight excluding hydrogens is 276 g/mol. The van der Waals surface area contributed by atoms with Gasteiger partial charge in [0.25, 0.3) is 0 Å². The molecule has 5 nitrogen and oxygen atoms in total. The molecule has 0 spiro atoms. The Bertz CT molecular complexity index is 887. The largest absolute Gasteiger partial charge is 0.464 e. The molecule has 0 fully saturated rings. The number of hydrogen-bond acceptors (Lipinski definition) is 4. The summed E-state index contributed by atoms with van der Waals surface area (Å²) in [6.45, 7) is 4.69. The van der Waals surface area contributed by atoms with E-state index in [9.17, 15) is 0 Å². The van der Waals surface area contributed by atoms with Crippen molar-refractivity contribution in [3.05, 3.63) is 47.5 Å². The number of aromatic nitrogens is 4. The Hall–Kier alpha value is -2.69. The Labute approximate surface area is 129 Å². The lowest BCUT2D eigenvalue weighted by Gasteiger charge is -2.10. The maximum atomic E-state index is 5.36. The Morgan fingerprint density at radius 2 is 2.27 bits per heavy atom. The van der Waals surface area contributed by atoms with E-state index in [1.54, 1.807) is 0 Å². The third kappa shape index (κ3) is 1.89. The molecule has 112 valence electrons. The molecule has 0 saturated carbocycles. The van der Waals surface area contributed by atoms with Crippen molar-refractivity contribution in [3.63, 3.8) is 0 Å². The lowest BCUT2D eigenvalue weighted by Crippen LogP contribution is -1.97. The normalized spacial score (nSPS) is 16.6. The average molecular weight is 294 g/mol. The van der Waals surface area contributed by atoms with Crippen LogP contribution in [-0.2, 0) is 0 Å². The van der Waals surface area contributed by atoms with Gasteiger partial charge in [-0.3, -0.25) is 4.98 Å². The molecule has 0 aromatic carbocycles. The quantitative estimate of drug-likeness (QED) is 0.800. The first kappa shape index (κ1) is 13.0. The van der Waals surface area contributed by atoms with Crippen LogP contribution in [0.2, 0.25) is 0 Å². The van der Waals surface area contributed by atoms with Gasteiger partial charge in [-0.2, -0.15) is 4.98 Å². The Morgan fingerprint density at radius 3 is 3.09 bits per heavy atom. The van der Waals surface area contributed by atoms with Crippen LogP contribution in [0.1, 0.15) is 37.9 Å². The van der Waals surface area contributed by atoms with E-state index in [1.165, 1.54) is 16.7 Å². The maximum absolute atomic E-state index is 5.36. The summed E-state index contributed by atoms with van der Waals surface area (Å²) in [6, 6.07) is 2.49. The molecule has 1 aliphatic rings. The molecular formula is C17H18N4O. The molecule has 4 rings (SSSR count). The van der Waals surface area contributed by atoms with Crippen LogP contribution in [0, 0.1) is 0 Å². The highest BCUT2D eigenvalue weighted by Gasteiger charge is 2.24. The highest BCUT2D eigenvalue weighted by atomic mass is 16.5. The fourth-order valence-electron chi connectivity index (χ4n) is 3.03. The first-order valence-electron chi connectivity index (χ1n) is 7.40. The summed E-state index contributed by atoms with van der Waals surface area (Å²) in [7, 11) is 0. The topological polar surface area (TPSA) is 63.7 Å². The molecule has 0 radical (unpaired) electrons. The fraction of sp³-hybridized carbons (Fsp3) is 0.235. The first-order chi connectivity index (χ1) is 10.8. The zero-order valence-corrected chi connectivity index (χ0v) is 12.5. The second kappa shape index (κ2) is 4.94. The van der Waals surface area contributed by atoms with Crippen molar-refractivity contribution in [1.29, 1.82) is 0 Å². The maximum Gasteiger partial charge on any atom is 0.318 e.